The molecular formula is C16H28N4O. The van der Waals surface area contributed by atoms with Gasteiger partial charge in [-0.2, -0.15) is 5.10 Å². The predicted octanol–water partition coefficient (Wildman–Crippen LogP) is 1.19. The highest BCUT2D eigenvalue weighted by atomic mass is 16.3. The zero-order valence-electron chi connectivity index (χ0n) is 13.1. The van der Waals surface area contributed by atoms with Crippen LogP contribution in [0.3, 0.4) is 0 Å². The van der Waals surface area contributed by atoms with E-state index in [1.54, 1.807) is 6.20 Å². The molecule has 2 aliphatic rings. The Kier molecular flexibility index (Phi) is 4.93. The van der Waals surface area contributed by atoms with Crippen LogP contribution in [-0.2, 0) is 6.54 Å². The lowest BCUT2D eigenvalue weighted by molar-refractivity contribution is 0.0209. The first-order chi connectivity index (χ1) is 10.2. The number of piperazine rings is 1. The molecular weight excluding hydrogens is 264 g/mol. The van der Waals surface area contributed by atoms with Crippen LogP contribution in [0.25, 0.3) is 0 Å². The van der Waals surface area contributed by atoms with Gasteiger partial charge in [-0.1, -0.05) is 12.8 Å². The maximum Gasteiger partial charge on any atom is 0.0862 e. The third-order valence-electron chi connectivity index (χ3n) is 4.98. The standard InChI is InChI=1S/C16H28N4O/c1-14-11-18(9-10-20(14)15-5-2-3-6-15)12-16(21)13-19-8-4-7-17-19/h4,7-8,14-16,21H,2-3,5-6,9-13H2,1H3. The van der Waals surface area contributed by atoms with E-state index in [0.29, 0.717) is 12.6 Å². The van der Waals surface area contributed by atoms with Crippen molar-refractivity contribution in [2.24, 2.45) is 0 Å². The number of aromatic nitrogens is 2. The second kappa shape index (κ2) is 6.90. The SMILES string of the molecule is CC1CN(CC(O)Cn2cccn2)CCN1C1CCCC1. The van der Waals surface area contributed by atoms with E-state index in [4.69, 9.17) is 0 Å². The molecule has 1 aromatic heterocycles. The summed E-state index contributed by atoms with van der Waals surface area (Å²) in [4.78, 5) is 5.10. The Labute approximate surface area is 127 Å². The third-order valence-corrected chi connectivity index (χ3v) is 4.98. The monoisotopic (exact) mass is 292 g/mol. The van der Waals surface area contributed by atoms with Crippen molar-refractivity contribution in [3.8, 4) is 0 Å². The van der Waals surface area contributed by atoms with Crippen LogP contribution in [0.5, 0.6) is 0 Å². The van der Waals surface area contributed by atoms with Crippen LogP contribution in [0.2, 0.25) is 0 Å². The first-order valence-electron chi connectivity index (χ1n) is 8.36. The first-order valence-corrected chi connectivity index (χ1v) is 8.36. The van der Waals surface area contributed by atoms with Crippen LogP contribution in [-0.4, -0.2) is 69.1 Å². The van der Waals surface area contributed by atoms with Crippen molar-refractivity contribution >= 4 is 0 Å². The lowest BCUT2D eigenvalue weighted by atomic mass is 10.1. The van der Waals surface area contributed by atoms with Gasteiger partial charge in [0, 0.05) is 50.7 Å². The van der Waals surface area contributed by atoms with Gasteiger partial charge < -0.3 is 5.11 Å². The second-order valence-electron chi connectivity index (χ2n) is 6.67. The Balaban J connectivity index is 1.45. The molecule has 2 heterocycles. The Morgan fingerprint density at radius 2 is 2.05 bits per heavy atom. The molecule has 0 bridgehead atoms. The lowest BCUT2D eigenvalue weighted by Crippen LogP contribution is -2.56. The Hall–Kier alpha value is -0.910. The van der Waals surface area contributed by atoms with E-state index < -0.39 is 0 Å². The Morgan fingerprint density at radius 1 is 1.24 bits per heavy atom. The predicted molar refractivity (Wildman–Crippen MR) is 83.1 cm³/mol. The minimum absolute atomic E-state index is 0.338. The lowest BCUT2D eigenvalue weighted by Gasteiger charge is -2.43. The second-order valence-corrected chi connectivity index (χ2v) is 6.67. The quantitative estimate of drug-likeness (QED) is 0.885. The van der Waals surface area contributed by atoms with E-state index in [1.165, 1.54) is 25.7 Å². The van der Waals surface area contributed by atoms with Crippen molar-refractivity contribution in [3.05, 3.63) is 18.5 Å². The van der Waals surface area contributed by atoms with Gasteiger partial charge in [-0.25, -0.2) is 0 Å². The van der Waals surface area contributed by atoms with Crippen LogP contribution in [0.4, 0.5) is 0 Å². The molecule has 2 atom stereocenters. The molecule has 1 aliphatic carbocycles. The number of hydrogen-bond donors (Lipinski definition) is 1. The number of aliphatic hydroxyl groups excluding tert-OH is 1. The summed E-state index contributed by atoms with van der Waals surface area (Å²) >= 11 is 0. The molecule has 0 amide bonds. The maximum atomic E-state index is 10.2. The van der Waals surface area contributed by atoms with Crippen LogP contribution in [0.15, 0.2) is 18.5 Å². The smallest absolute Gasteiger partial charge is 0.0862 e. The summed E-state index contributed by atoms with van der Waals surface area (Å²) < 4.78 is 1.81. The number of nitrogens with zero attached hydrogens (tertiary/aromatic N) is 4. The average Bonchev–Trinajstić information content (AvgIpc) is 3.11. The molecule has 0 aromatic carbocycles. The molecule has 0 radical (unpaired) electrons. The van der Waals surface area contributed by atoms with Crippen LogP contribution >= 0.6 is 0 Å². The van der Waals surface area contributed by atoms with Gasteiger partial charge in [-0.3, -0.25) is 14.5 Å². The van der Waals surface area contributed by atoms with Gasteiger partial charge in [-0.15, -0.1) is 0 Å². The van der Waals surface area contributed by atoms with Gasteiger partial charge in [0.15, 0.2) is 0 Å². The molecule has 1 saturated carbocycles. The molecule has 3 rings (SSSR count). The first kappa shape index (κ1) is 15.0. The van der Waals surface area contributed by atoms with E-state index in [1.807, 2.05) is 16.9 Å². The molecule has 118 valence electrons. The fourth-order valence-electron chi connectivity index (χ4n) is 3.97. The molecule has 5 heteroatoms. The van der Waals surface area contributed by atoms with Crippen molar-refractivity contribution in [2.45, 2.75) is 57.3 Å². The molecule has 1 aromatic rings. The van der Waals surface area contributed by atoms with Gasteiger partial charge in [0.05, 0.1) is 12.6 Å². The number of hydrogen-bond acceptors (Lipinski definition) is 4. The summed E-state index contributed by atoms with van der Waals surface area (Å²) in [5, 5.41) is 14.4. The van der Waals surface area contributed by atoms with E-state index >= 15 is 0 Å². The van der Waals surface area contributed by atoms with Crippen molar-refractivity contribution < 1.29 is 5.11 Å². The average molecular weight is 292 g/mol. The number of aliphatic hydroxyl groups is 1. The Bertz CT molecular complexity index is 416. The molecule has 5 nitrogen and oxygen atoms in total. The highest BCUT2D eigenvalue weighted by molar-refractivity contribution is 4.87. The topological polar surface area (TPSA) is 44.5 Å². The fraction of sp³-hybridized carbons (Fsp3) is 0.812. The molecule has 2 fully saturated rings. The summed E-state index contributed by atoms with van der Waals surface area (Å²) in [5.41, 5.74) is 0. The van der Waals surface area contributed by atoms with Crippen molar-refractivity contribution in [1.82, 2.24) is 19.6 Å². The van der Waals surface area contributed by atoms with Crippen LogP contribution < -0.4 is 0 Å². The maximum absolute atomic E-state index is 10.2. The van der Waals surface area contributed by atoms with E-state index in [-0.39, 0.29) is 6.10 Å². The van der Waals surface area contributed by atoms with E-state index in [9.17, 15) is 5.11 Å². The minimum atomic E-state index is -0.338. The van der Waals surface area contributed by atoms with Gasteiger partial charge in [0.2, 0.25) is 0 Å². The van der Waals surface area contributed by atoms with E-state index in [2.05, 4.69) is 21.8 Å². The largest absolute Gasteiger partial charge is 0.390 e. The van der Waals surface area contributed by atoms with Gasteiger partial charge in [0.25, 0.3) is 0 Å². The van der Waals surface area contributed by atoms with Crippen molar-refractivity contribution in [3.63, 3.8) is 0 Å². The number of β-amino-alcohol motifs (C(OH)–C–C–N with tert-alkyl or cyclic N) is 1. The normalized spacial score (nSPS) is 27.2. The molecule has 2 unspecified atom stereocenters. The molecule has 1 saturated heterocycles. The highest BCUT2D eigenvalue weighted by Gasteiger charge is 2.31. The summed E-state index contributed by atoms with van der Waals surface area (Å²) in [5.74, 6) is 0. The summed E-state index contributed by atoms with van der Waals surface area (Å²) in [6.45, 7) is 6.99. The van der Waals surface area contributed by atoms with E-state index in [0.717, 1.165) is 32.2 Å². The van der Waals surface area contributed by atoms with Crippen molar-refractivity contribution in [1.29, 1.82) is 0 Å². The van der Waals surface area contributed by atoms with Gasteiger partial charge >= 0.3 is 0 Å². The van der Waals surface area contributed by atoms with Crippen LogP contribution in [0, 0.1) is 0 Å². The Morgan fingerprint density at radius 3 is 2.71 bits per heavy atom. The zero-order chi connectivity index (χ0) is 14.7. The van der Waals surface area contributed by atoms with Crippen molar-refractivity contribution in [2.75, 3.05) is 26.2 Å². The minimum Gasteiger partial charge on any atom is -0.390 e. The van der Waals surface area contributed by atoms with Gasteiger partial charge in [-0.05, 0) is 25.8 Å². The molecule has 1 N–H and O–H groups in total. The summed E-state index contributed by atoms with van der Waals surface area (Å²) in [7, 11) is 0. The summed E-state index contributed by atoms with van der Waals surface area (Å²) in [6, 6.07) is 3.32. The zero-order valence-corrected chi connectivity index (χ0v) is 13.1. The molecule has 0 spiro atoms. The third kappa shape index (κ3) is 3.84. The van der Waals surface area contributed by atoms with Crippen LogP contribution in [0.1, 0.15) is 32.6 Å². The number of rotatable bonds is 5. The molecule has 21 heavy (non-hydrogen) atoms. The summed E-state index contributed by atoms with van der Waals surface area (Å²) in [6.07, 6.45) is 8.90. The van der Waals surface area contributed by atoms with Gasteiger partial charge in [0.1, 0.15) is 0 Å². The molecule has 1 aliphatic heterocycles. The highest BCUT2D eigenvalue weighted by Crippen LogP contribution is 2.26. The fourth-order valence-corrected chi connectivity index (χ4v) is 3.97.